The van der Waals surface area contributed by atoms with E-state index in [1.54, 1.807) is 0 Å². The Hall–Kier alpha value is -2.14. The van der Waals surface area contributed by atoms with E-state index < -0.39 is 35.1 Å². The van der Waals surface area contributed by atoms with Crippen LogP contribution in [0.2, 0.25) is 0 Å². The molecule has 1 aromatic rings. The minimum atomic E-state index is -4.19. The number of carbonyl (C=O) groups excluding carboxylic acids is 2. The second-order valence-corrected chi connectivity index (χ2v) is 5.48. The predicted molar refractivity (Wildman–Crippen MR) is 65.8 cm³/mol. The van der Waals surface area contributed by atoms with Crippen molar-refractivity contribution in [3.8, 4) is 0 Å². The summed E-state index contributed by atoms with van der Waals surface area (Å²) in [5.74, 6) is -1.87. The molecule has 0 atom stereocenters. The maximum Gasteiger partial charge on any atom is 0.321 e. The van der Waals surface area contributed by atoms with Crippen LogP contribution in [-0.4, -0.2) is 62.2 Å². The molecule has 0 fully saturated rings. The Labute approximate surface area is 114 Å². The van der Waals surface area contributed by atoms with Gasteiger partial charge in [-0.2, -0.15) is 9.40 Å². The zero-order valence-electron chi connectivity index (χ0n) is 10.8. The fraction of sp³-hybridized carbons (Fsp3) is 0.444. The minimum Gasteiger partial charge on any atom is -0.468 e. The van der Waals surface area contributed by atoms with Gasteiger partial charge in [0.1, 0.15) is 23.8 Å². The summed E-state index contributed by atoms with van der Waals surface area (Å²) in [7, 11) is -2.00. The lowest BCUT2D eigenvalue weighted by Crippen LogP contribution is -2.40. The van der Waals surface area contributed by atoms with Gasteiger partial charge >= 0.3 is 11.9 Å². The maximum atomic E-state index is 12.3. The van der Waals surface area contributed by atoms with Gasteiger partial charge in [-0.25, -0.2) is 8.42 Å². The van der Waals surface area contributed by atoms with Crippen molar-refractivity contribution in [2.45, 2.75) is 4.90 Å². The molecule has 3 N–H and O–H groups in total. The fourth-order valence-corrected chi connectivity index (χ4v) is 2.61. The molecule has 0 saturated carbocycles. The van der Waals surface area contributed by atoms with Crippen molar-refractivity contribution in [2.75, 3.05) is 33.0 Å². The topological polar surface area (TPSA) is 145 Å². The van der Waals surface area contributed by atoms with Gasteiger partial charge < -0.3 is 15.2 Å². The molecular weight excluding hydrogens is 292 g/mol. The van der Waals surface area contributed by atoms with Gasteiger partial charge in [0.25, 0.3) is 0 Å². The lowest BCUT2D eigenvalue weighted by molar-refractivity contribution is -0.143. The van der Waals surface area contributed by atoms with E-state index in [0.29, 0.717) is 4.31 Å². The molecule has 0 bridgehead atoms. The van der Waals surface area contributed by atoms with E-state index in [0.717, 1.165) is 20.4 Å². The van der Waals surface area contributed by atoms with E-state index in [1.807, 2.05) is 0 Å². The number of H-pyrrole nitrogens is 1. The zero-order chi connectivity index (χ0) is 15.3. The summed E-state index contributed by atoms with van der Waals surface area (Å²) in [6.07, 6.45) is 0.978. The largest absolute Gasteiger partial charge is 0.468 e. The van der Waals surface area contributed by atoms with Crippen molar-refractivity contribution in [3.05, 3.63) is 6.20 Å². The molecule has 1 heterocycles. The number of nitrogens with one attached hydrogen (secondary N) is 1. The molecular formula is C9H14N4O6S. The number of nitrogen functional groups attached to an aromatic ring is 1. The van der Waals surface area contributed by atoms with E-state index in [-0.39, 0.29) is 10.7 Å². The molecule has 1 aromatic heterocycles. The second kappa shape index (κ2) is 6.34. The first-order chi connectivity index (χ1) is 9.32. The molecule has 1 rings (SSSR count). The number of anilines is 1. The van der Waals surface area contributed by atoms with Crippen molar-refractivity contribution in [2.24, 2.45) is 0 Å². The first-order valence-corrected chi connectivity index (χ1v) is 6.69. The summed E-state index contributed by atoms with van der Waals surface area (Å²) in [5.41, 5.74) is 5.43. The van der Waals surface area contributed by atoms with Gasteiger partial charge in [-0.1, -0.05) is 0 Å². The number of esters is 2. The van der Waals surface area contributed by atoms with Crippen molar-refractivity contribution >= 4 is 27.8 Å². The number of ether oxygens (including phenoxy) is 2. The number of carbonyl (C=O) groups is 2. The molecule has 0 unspecified atom stereocenters. The lowest BCUT2D eigenvalue weighted by Gasteiger charge is -2.19. The Morgan fingerprint density at radius 3 is 2.15 bits per heavy atom. The Morgan fingerprint density at radius 1 is 1.30 bits per heavy atom. The Kier molecular flexibility index (Phi) is 5.05. The van der Waals surface area contributed by atoms with Gasteiger partial charge in [-0.15, -0.1) is 0 Å². The second-order valence-electron chi connectivity index (χ2n) is 3.57. The van der Waals surface area contributed by atoms with E-state index in [1.165, 1.54) is 0 Å². The Balaban J connectivity index is 3.12. The summed E-state index contributed by atoms with van der Waals surface area (Å²) in [6, 6.07) is 0. The number of nitrogens with two attached hydrogens (primary N) is 1. The van der Waals surface area contributed by atoms with Crippen LogP contribution in [0.3, 0.4) is 0 Å². The van der Waals surface area contributed by atoms with Crippen LogP contribution in [0.15, 0.2) is 11.1 Å². The van der Waals surface area contributed by atoms with Crippen LogP contribution in [0.4, 0.5) is 5.82 Å². The molecule has 0 saturated heterocycles. The Bertz CT molecular complexity index is 577. The quantitative estimate of drug-likeness (QED) is 0.593. The first-order valence-electron chi connectivity index (χ1n) is 5.25. The highest BCUT2D eigenvalue weighted by molar-refractivity contribution is 7.89. The van der Waals surface area contributed by atoms with Crippen LogP contribution in [0.5, 0.6) is 0 Å². The zero-order valence-corrected chi connectivity index (χ0v) is 11.6. The summed E-state index contributed by atoms with van der Waals surface area (Å²) in [5, 5.41) is 5.73. The van der Waals surface area contributed by atoms with Gasteiger partial charge in [-0.05, 0) is 0 Å². The van der Waals surface area contributed by atoms with Gasteiger partial charge in [0.05, 0.1) is 20.4 Å². The smallest absolute Gasteiger partial charge is 0.321 e. The summed E-state index contributed by atoms with van der Waals surface area (Å²) < 4.78 is 33.9. The van der Waals surface area contributed by atoms with Crippen LogP contribution in [-0.2, 0) is 29.1 Å². The van der Waals surface area contributed by atoms with Crippen LogP contribution >= 0.6 is 0 Å². The third-order valence-corrected chi connectivity index (χ3v) is 4.14. The SMILES string of the molecule is COC(=O)CN(CC(=O)OC)S(=O)(=O)c1cn[nH]c1N. The van der Waals surface area contributed by atoms with E-state index in [4.69, 9.17) is 5.73 Å². The number of nitrogens with zero attached hydrogens (tertiary/aromatic N) is 2. The van der Waals surface area contributed by atoms with Crippen LogP contribution < -0.4 is 5.73 Å². The Morgan fingerprint density at radius 2 is 1.80 bits per heavy atom. The highest BCUT2D eigenvalue weighted by Crippen LogP contribution is 2.19. The molecule has 0 spiro atoms. The highest BCUT2D eigenvalue weighted by Gasteiger charge is 2.31. The average Bonchev–Trinajstić information content (AvgIpc) is 2.84. The van der Waals surface area contributed by atoms with Gasteiger partial charge in [0.15, 0.2) is 0 Å². The van der Waals surface area contributed by atoms with Gasteiger partial charge in [0.2, 0.25) is 10.0 Å². The maximum absolute atomic E-state index is 12.3. The minimum absolute atomic E-state index is 0.204. The van der Waals surface area contributed by atoms with E-state index >= 15 is 0 Å². The number of rotatable bonds is 6. The van der Waals surface area contributed by atoms with Gasteiger partial charge in [-0.3, -0.25) is 14.7 Å². The molecule has 0 aliphatic rings. The van der Waals surface area contributed by atoms with Crippen molar-refractivity contribution in [1.29, 1.82) is 0 Å². The number of methoxy groups -OCH3 is 2. The molecule has 112 valence electrons. The summed E-state index contributed by atoms with van der Waals surface area (Å²) in [4.78, 5) is 22.2. The molecule has 10 nitrogen and oxygen atoms in total. The summed E-state index contributed by atoms with van der Waals surface area (Å²) in [6.45, 7) is -1.31. The van der Waals surface area contributed by atoms with Crippen molar-refractivity contribution in [1.82, 2.24) is 14.5 Å². The summed E-state index contributed by atoms with van der Waals surface area (Å²) >= 11 is 0. The number of hydrogen-bond donors (Lipinski definition) is 2. The van der Waals surface area contributed by atoms with Gasteiger partial charge in [0, 0.05) is 0 Å². The fourth-order valence-electron chi connectivity index (χ4n) is 1.27. The van der Waals surface area contributed by atoms with Crippen molar-refractivity contribution in [3.63, 3.8) is 0 Å². The molecule has 0 aromatic carbocycles. The van der Waals surface area contributed by atoms with E-state index in [9.17, 15) is 18.0 Å². The lowest BCUT2D eigenvalue weighted by atomic mass is 10.6. The first kappa shape index (κ1) is 15.9. The molecule has 11 heteroatoms. The van der Waals surface area contributed by atoms with Crippen LogP contribution in [0, 0.1) is 0 Å². The predicted octanol–water partition coefficient (Wildman–Crippen LogP) is -1.67. The van der Waals surface area contributed by atoms with Crippen LogP contribution in [0.1, 0.15) is 0 Å². The third-order valence-electron chi connectivity index (χ3n) is 2.32. The standard InChI is InChI=1S/C9H14N4O6S/c1-18-7(14)4-13(5-8(15)19-2)20(16,17)6-3-11-12-9(6)10/h3H,4-5H2,1-2H3,(H3,10,11,12). The highest BCUT2D eigenvalue weighted by atomic mass is 32.2. The number of aromatic amines is 1. The normalized spacial score (nSPS) is 11.3. The molecule has 20 heavy (non-hydrogen) atoms. The van der Waals surface area contributed by atoms with Crippen molar-refractivity contribution < 1.29 is 27.5 Å². The van der Waals surface area contributed by atoms with E-state index in [2.05, 4.69) is 19.7 Å². The molecule has 0 aliphatic carbocycles. The van der Waals surface area contributed by atoms with Crippen LogP contribution in [0.25, 0.3) is 0 Å². The monoisotopic (exact) mass is 306 g/mol. The third kappa shape index (κ3) is 3.45. The molecule has 0 amide bonds. The molecule has 0 radical (unpaired) electrons. The molecule has 0 aliphatic heterocycles. The number of hydrogen-bond acceptors (Lipinski definition) is 8. The number of sulfonamides is 1. The number of aromatic nitrogens is 2. The average molecular weight is 306 g/mol.